The summed E-state index contributed by atoms with van der Waals surface area (Å²) in [5, 5.41) is 12.9. The third kappa shape index (κ3) is 8.42. The van der Waals surface area contributed by atoms with Crippen molar-refractivity contribution in [1.82, 2.24) is 4.90 Å². The molecule has 0 aromatic heterocycles. The highest BCUT2D eigenvalue weighted by atomic mass is 35.5. The van der Waals surface area contributed by atoms with Crippen LogP contribution in [-0.2, 0) is 14.6 Å². The second-order valence-corrected chi connectivity index (χ2v) is 18.3. The summed E-state index contributed by atoms with van der Waals surface area (Å²) in [6.07, 6.45) is 2.33. The standard InChI is InChI=1S/C37H43Cl2FN2O6S/c1-36(2,3)49(46,47)20-31(22-9-10-22)42-21-37(4,19-33(43)41-26-12-13-27(35(44)45)32(17-26)48-5)18-28(23-7-6-8-25(38)15-23)34(42)24-11-14-29(39)30(40)16-24/h6-8,11-17,22,28,31,34H,9-10,18-21H2,1-5H3,(H,41,43)(H,44,45). The summed E-state index contributed by atoms with van der Waals surface area (Å²) in [4.78, 5) is 27.5. The zero-order valence-electron chi connectivity index (χ0n) is 28.3. The minimum Gasteiger partial charge on any atom is -0.496 e. The summed E-state index contributed by atoms with van der Waals surface area (Å²) < 4.78 is 47.0. The molecule has 1 heterocycles. The number of amides is 1. The molecule has 49 heavy (non-hydrogen) atoms. The van der Waals surface area contributed by atoms with Crippen molar-refractivity contribution < 1.29 is 32.2 Å². The van der Waals surface area contributed by atoms with E-state index < -0.39 is 37.8 Å². The van der Waals surface area contributed by atoms with Gasteiger partial charge in [0.15, 0.2) is 9.84 Å². The molecule has 4 atom stereocenters. The van der Waals surface area contributed by atoms with E-state index in [0.717, 1.165) is 18.4 Å². The van der Waals surface area contributed by atoms with Gasteiger partial charge in [0.2, 0.25) is 5.91 Å². The quantitative estimate of drug-likeness (QED) is 0.204. The number of carboxylic acid groups (broad SMARTS) is 1. The van der Waals surface area contributed by atoms with Crippen molar-refractivity contribution in [3.63, 3.8) is 0 Å². The van der Waals surface area contributed by atoms with Crippen molar-refractivity contribution >= 4 is 50.6 Å². The van der Waals surface area contributed by atoms with Crippen molar-refractivity contribution in [2.24, 2.45) is 11.3 Å². The Morgan fingerprint density at radius 2 is 1.80 bits per heavy atom. The summed E-state index contributed by atoms with van der Waals surface area (Å²) in [6.45, 7) is 7.50. The molecule has 4 unspecified atom stereocenters. The molecule has 2 N–H and O–H groups in total. The first-order chi connectivity index (χ1) is 22.9. The van der Waals surface area contributed by atoms with Gasteiger partial charge in [0.1, 0.15) is 17.1 Å². The Kier molecular flexibility index (Phi) is 10.8. The Morgan fingerprint density at radius 1 is 1.08 bits per heavy atom. The average Bonchev–Trinajstić information content (AvgIpc) is 3.85. The number of aromatic carboxylic acids is 1. The second kappa shape index (κ2) is 14.2. The predicted molar refractivity (Wildman–Crippen MR) is 191 cm³/mol. The molecule has 8 nitrogen and oxygen atoms in total. The molecule has 0 bridgehead atoms. The molecule has 2 aliphatic rings. The minimum atomic E-state index is -3.57. The topological polar surface area (TPSA) is 113 Å². The fourth-order valence-corrected chi connectivity index (χ4v) is 8.81. The van der Waals surface area contributed by atoms with E-state index in [1.165, 1.54) is 37.4 Å². The van der Waals surface area contributed by atoms with E-state index in [0.29, 0.717) is 29.2 Å². The van der Waals surface area contributed by atoms with Crippen LogP contribution < -0.4 is 10.1 Å². The lowest BCUT2D eigenvalue weighted by Crippen LogP contribution is -2.55. The first-order valence-corrected chi connectivity index (χ1v) is 18.7. The van der Waals surface area contributed by atoms with Crippen molar-refractivity contribution in [2.45, 2.75) is 76.1 Å². The molecule has 3 aromatic carbocycles. The monoisotopic (exact) mass is 732 g/mol. The highest BCUT2D eigenvalue weighted by Gasteiger charge is 2.51. The molecule has 0 radical (unpaired) electrons. The van der Waals surface area contributed by atoms with Gasteiger partial charge >= 0.3 is 5.97 Å². The number of carboxylic acids is 1. The number of sulfone groups is 1. The van der Waals surface area contributed by atoms with E-state index in [9.17, 15) is 23.1 Å². The van der Waals surface area contributed by atoms with Gasteiger partial charge in [0.25, 0.3) is 0 Å². The largest absolute Gasteiger partial charge is 0.496 e. The van der Waals surface area contributed by atoms with Gasteiger partial charge in [-0.05, 0) is 98.9 Å². The van der Waals surface area contributed by atoms with Gasteiger partial charge in [-0.2, -0.15) is 0 Å². The molecule has 1 aliphatic heterocycles. The average molecular weight is 734 g/mol. The Labute approximate surface area is 297 Å². The summed E-state index contributed by atoms with van der Waals surface area (Å²) in [5.41, 5.74) is 1.26. The number of anilines is 1. The number of carbonyl (C=O) groups is 2. The van der Waals surface area contributed by atoms with Crippen LogP contribution in [0.2, 0.25) is 10.0 Å². The number of halogens is 3. The van der Waals surface area contributed by atoms with Crippen LogP contribution in [0.1, 0.15) is 86.8 Å². The third-order valence-electron chi connectivity index (χ3n) is 9.80. The highest BCUT2D eigenvalue weighted by Crippen LogP contribution is 2.54. The van der Waals surface area contributed by atoms with Crippen LogP contribution in [0.15, 0.2) is 60.7 Å². The Morgan fingerprint density at radius 3 is 2.39 bits per heavy atom. The molecule has 1 amide bonds. The Hall–Kier alpha value is -3.18. The third-order valence-corrected chi connectivity index (χ3v) is 13.0. The maximum Gasteiger partial charge on any atom is 0.339 e. The number of ether oxygens (including phenoxy) is 1. The van der Waals surface area contributed by atoms with E-state index in [-0.39, 0.29) is 52.3 Å². The Bertz CT molecular complexity index is 1840. The molecule has 1 aliphatic carbocycles. The summed E-state index contributed by atoms with van der Waals surface area (Å²) >= 11 is 12.7. The molecule has 3 aromatic rings. The van der Waals surface area contributed by atoms with Crippen LogP contribution >= 0.6 is 23.2 Å². The normalized spacial score (nSPS) is 22.4. The predicted octanol–water partition coefficient (Wildman–Crippen LogP) is 8.40. The van der Waals surface area contributed by atoms with Crippen molar-refractivity contribution in [2.75, 3.05) is 24.7 Å². The van der Waals surface area contributed by atoms with Crippen molar-refractivity contribution in [3.8, 4) is 5.75 Å². The molecule has 1 saturated carbocycles. The van der Waals surface area contributed by atoms with Crippen LogP contribution in [-0.4, -0.2) is 60.5 Å². The summed E-state index contributed by atoms with van der Waals surface area (Å²) in [5.74, 6) is -2.14. The number of benzene rings is 3. The smallest absolute Gasteiger partial charge is 0.339 e. The number of methoxy groups -OCH3 is 1. The SMILES string of the molecule is COc1cc(NC(=O)CC2(C)CC(c3cccc(Cl)c3)C(c3ccc(Cl)c(F)c3)N(C(CS(=O)(=O)C(C)(C)C)C3CC3)C2)ccc1C(=O)O. The van der Waals surface area contributed by atoms with Crippen LogP contribution in [0, 0.1) is 17.2 Å². The van der Waals surface area contributed by atoms with Gasteiger partial charge in [-0.1, -0.05) is 48.3 Å². The van der Waals surface area contributed by atoms with Crippen LogP contribution in [0.5, 0.6) is 5.75 Å². The van der Waals surface area contributed by atoms with Gasteiger partial charge in [-0.25, -0.2) is 17.6 Å². The lowest BCUT2D eigenvalue weighted by Gasteiger charge is -2.53. The number of nitrogens with zero attached hydrogens (tertiary/aromatic N) is 1. The van der Waals surface area contributed by atoms with Crippen molar-refractivity contribution in [3.05, 3.63) is 93.2 Å². The molecule has 264 valence electrons. The molecule has 5 rings (SSSR count). The first-order valence-electron chi connectivity index (χ1n) is 16.3. The molecule has 1 saturated heterocycles. The maximum absolute atomic E-state index is 15.1. The van der Waals surface area contributed by atoms with E-state index in [4.69, 9.17) is 27.9 Å². The number of piperidine rings is 1. The maximum atomic E-state index is 15.1. The second-order valence-electron chi connectivity index (χ2n) is 14.7. The zero-order valence-corrected chi connectivity index (χ0v) is 30.6. The fraction of sp³-hybridized carbons (Fsp3) is 0.459. The van der Waals surface area contributed by atoms with Gasteiger partial charge < -0.3 is 15.2 Å². The van der Waals surface area contributed by atoms with E-state index in [2.05, 4.69) is 10.2 Å². The molecular formula is C37H43Cl2FN2O6S. The first kappa shape index (κ1) is 37.1. The zero-order chi connectivity index (χ0) is 35.9. The number of likely N-dealkylation sites (tertiary alicyclic amines) is 1. The molecule has 2 fully saturated rings. The minimum absolute atomic E-state index is 0.00556. The molecular weight excluding hydrogens is 690 g/mol. The van der Waals surface area contributed by atoms with Crippen molar-refractivity contribution in [1.29, 1.82) is 0 Å². The lowest BCUT2D eigenvalue weighted by molar-refractivity contribution is -0.120. The summed E-state index contributed by atoms with van der Waals surface area (Å²) in [7, 11) is -2.21. The molecule has 0 spiro atoms. The number of carbonyl (C=O) groups excluding carboxylic acids is 1. The van der Waals surface area contributed by atoms with Gasteiger partial charge in [0.05, 0.1) is 22.6 Å². The number of nitrogens with one attached hydrogen (secondary N) is 1. The fourth-order valence-electron chi connectivity index (χ4n) is 7.08. The van der Waals surface area contributed by atoms with Crippen LogP contribution in [0.3, 0.4) is 0 Å². The van der Waals surface area contributed by atoms with Crippen LogP contribution in [0.25, 0.3) is 0 Å². The number of hydrogen-bond acceptors (Lipinski definition) is 6. The van der Waals surface area contributed by atoms with E-state index >= 15 is 4.39 Å². The van der Waals surface area contributed by atoms with Gasteiger partial charge in [-0.15, -0.1) is 0 Å². The lowest BCUT2D eigenvalue weighted by atomic mass is 9.67. The highest BCUT2D eigenvalue weighted by molar-refractivity contribution is 7.92. The van der Waals surface area contributed by atoms with Crippen LogP contribution in [0.4, 0.5) is 10.1 Å². The van der Waals surface area contributed by atoms with Gasteiger partial charge in [0, 0.05) is 47.7 Å². The van der Waals surface area contributed by atoms with Gasteiger partial charge in [-0.3, -0.25) is 9.69 Å². The summed E-state index contributed by atoms with van der Waals surface area (Å²) in [6, 6.07) is 15.8. The van der Waals surface area contributed by atoms with E-state index in [1.807, 2.05) is 25.1 Å². The molecule has 12 heteroatoms. The van der Waals surface area contributed by atoms with E-state index in [1.54, 1.807) is 32.9 Å². The number of rotatable bonds is 11. The number of hydrogen-bond donors (Lipinski definition) is 2. The Balaban J connectivity index is 1.58.